The number of hydrogen-bond acceptors (Lipinski definition) is 6. The summed E-state index contributed by atoms with van der Waals surface area (Å²) in [5.74, 6) is 0.578. The Morgan fingerprint density at radius 1 is 1.40 bits per heavy atom. The molecule has 1 aliphatic rings. The van der Waals surface area contributed by atoms with E-state index in [-0.39, 0.29) is 17.9 Å². The first-order valence-corrected chi connectivity index (χ1v) is 10.8. The van der Waals surface area contributed by atoms with Gasteiger partial charge in [-0.3, -0.25) is 9.59 Å². The second-order valence-electron chi connectivity index (χ2n) is 6.19. The van der Waals surface area contributed by atoms with E-state index in [1.54, 1.807) is 30.3 Å². The number of likely N-dealkylation sites (tertiary alicyclic amines) is 1. The Kier molecular flexibility index (Phi) is 5.81. The Labute approximate surface area is 160 Å². The molecule has 3 heterocycles. The number of aryl methyl sites for hydroxylation is 1. The van der Waals surface area contributed by atoms with Crippen molar-refractivity contribution >= 4 is 46.2 Å². The van der Waals surface area contributed by atoms with E-state index in [0.717, 1.165) is 39.2 Å². The highest BCUT2D eigenvalue weighted by Gasteiger charge is 2.31. The van der Waals surface area contributed by atoms with Crippen LogP contribution in [-0.2, 0) is 4.79 Å². The quantitative estimate of drug-likeness (QED) is 0.725. The van der Waals surface area contributed by atoms with Crippen LogP contribution in [0.4, 0.5) is 0 Å². The molecule has 0 radical (unpaired) electrons. The van der Waals surface area contributed by atoms with Gasteiger partial charge in [-0.1, -0.05) is 11.8 Å². The van der Waals surface area contributed by atoms with E-state index in [0.29, 0.717) is 5.75 Å². The van der Waals surface area contributed by atoms with Crippen LogP contribution in [-0.4, -0.2) is 53.0 Å². The summed E-state index contributed by atoms with van der Waals surface area (Å²) in [6.07, 6.45) is 1.97. The molecule has 1 saturated heterocycles. The predicted molar refractivity (Wildman–Crippen MR) is 104 cm³/mol. The molecule has 5 nitrogen and oxygen atoms in total. The third-order valence-electron chi connectivity index (χ3n) is 4.06. The number of rotatable bonds is 5. The van der Waals surface area contributed by atoms with Crippen LogP contribution >= 0.6 is 34.4 Å². The molecule has 0 spiro atoms. The summed E-state index contributed by atoms with van der Waals surface area (Å²) in [7, 11) is 3.51. The van der Waals surface area contributed by atoms with E-state index in [2.05, 4.69) is 4.98 Å². The van der Waals surface area contributed by atoms with Crippen molar-refractivity contribution in [2.45, 2.75) is 30.1 Å². The molecular weight excluding hydrogens is 374 g/mol. The summed E-state index contributed by atoms with van der Waals surface area (Å²) in [5, 5.41) is 2.00. The molecular formula is C17H21N3O2S3. The fraction of sp³-hybridized carbons (Fsp3) is 0.471. The van der Waals surface area contributed by atoms with Crippen molar-refractivity contribution in [3.8, 4) is 0 Å². The first kappa shape index (κ1) is 18.4. The lowest BCUT2D eigenvalue weighted by Gasteiger charge is -2.23. The van der Waals surface area contributed by atoms with Crippen LogP contribution in [0.2, 0.25) is 0 Å². The van der Waals surface area contributed by atoms with Crippen LogP contribution in [0.1, 0.15) is 39.1 Å². The molecule has 0 aliphatic carbocycles. The largest absolute Gasteiger partial charge is 0.344 e. The zero-order chi connectivity index (χ0) is 18.0. The van der Waals surface area contributed by atoms with E-state index >= 15 is 0 Å². The van der Waals surface area contributed by atoms with Gasteiger partial charge in [-0.15, -0.1) is 22.7 Å². The van der Waals surface area contributed by atoms with Crippen LogP contribution < -0.4 is 0 Å². The SMILES string of the molecule is Cc1csc(SCC(=O)N2CCC[C@@H]2c2ccc(C(=O)N(C)C)s2)n1. The van der Waals surface area contributed by atoms with Crippen LogP contribution in [0, 0.1) is 6.92 Å². The number of thiophene rings is 1. The van der Waals surface area contributed by atoms with Gasteiger partial charge in [0, 0.05) is 36.6 Å². The van der Waals surface area contributed by atoms with Crippen molar-refractivity contribution in [1.29, 1.82) is 0 Å². The third-order valence-corrected chi connectivity index (χ3v) is 7.36. The van der Waals surface area contributed by atoms with E-state index in [1.165, 1.54) is 23.1 Å². The highest BCUT2D eigenvalue weighted by molar-refractivity contribution is 8.01. The van der Waals surface area contributed by atoms with Gasteiger partial charge in [-0.2, -0.15) is 0 Å². The number of amides is 2. The van der Waals surface area contributed by atoms with Crippen molar-refractivity contribution < 1.29 is 9.59 Å². The molecule has 1 aliphatic heterocycles. The van der Waals surface area contributed by atoms with Gasteiger partial charge >= 0.3 is 0 Å². The molecule has 2 aromatic heterocycles. The van der Waals surface area contributed by atoms with Crippen molar-refractivity contribution in [2.24, 2.45) is 0 Å². The number of thiazole rings is 1. The van der Waals surface area contributed by atoms with Crippen LogP contribution in [0.25, 0.3) is 0 Å². The van der Waals surface area contributed by atoms with E-state index < -0.39 is 0 Å². The van der Waals surface area contributed by atoms with Crippen LogP contribution in [0.15, 0.2) is 21.9 Å². The lowest BCUT2D eigenvalue weighted by molar-refractivity contribution is -0.129. The standard InChI is InChI=1S/C17H21N3O2S3/c1-11-9-23-17(18-11)24-10-15(21)20-8-4-5-12(20)13-6-7-14(25-13)16(22)19(2)3/h6-7,9,12H,4-5,8,10H2,1-3H3/t12-/m1/s1. The maximum absolute atomic E-state index is 12.7. The number of thioether (sulfide) groups is 1. The molecule has 25 heavy (non-hydrogen) atoms. The summed E-state index contributed by atoms with van der Waals surface area (Å²) in [5.41, 5.74) is 0.996. The number of carbonyl (C=O) groups is 2. The fourth-order valence-corrected chi connectivity index (χ4v) is 5.75. The molecule has 2 aromatic rings. The zero-order valence-electron chi connectivity index (χ0n) is 14.5. The first-order valence-electron chi connectivity index (χ1n) is 8.11. The molecule has 2 amide bonds. The number of aromatic nitrogens is 1. The summed E-state index contributed by atoms with van der Waals surface area (Å²) in [4.78, 5) is 34.5. The summed E-state index contributed by atoms with van der Waals surface area (Å²) in [6, 6.07) is 3.96. The van der Waals surface area contributed by atoms with Gasteiger partial charge < -0.3 is 9.80 Å². The second-order valence-corrected chi connectivity index (χ2v) is 9.39. The van der Waals surface area contributed by atoms with E-state index in [1.807, 2.05) is 29.3 Å². The normalized spacial score (nSPS) is 17.1. The number of nitrogens with zero attached hydrogens (tertiary/aromatic N) is 3. The van der Waals surface area contributed by atoms with Crippen molar-refractivity contribution in [3.63, 3.8) is 0 Å². The van der Waals surface area contributed by atoms with Gasteiger partial charge in [-0.05, 0) is 31.9 Å². The van der Waals surface area contributed by atoms with Gasteiger partial charge in [0.25, 0.3) is 5.91 Å². The monoisotopic (exact) mass is 395 g/mol. The maximum Gasteiger partial charge on any atom is 0.263 e. The third kappa shape index (κ3) is 4.24. The smallest absolute Gasteiger partial charge is 0.263 e. The summed E-state index contributed by atoms with van der Waals surface area (Å²) in [6.45, 7) is 2.75. The van der Waals surface area contributed by atoms with Crippen LogP contribution in [0.3, 0.4) is 0 Å². The van der Waals surface area contributed by atoms with E-state index in [9.17, 15) is 9.59 Å². The van der Waals surface area contributed by atoms with Crippen molar-refractivity contribution in [2.75, 3.05) is 26.4 Å². The van der Waals surface area contributed by atoms with E-state index in [4.69, 9.17) is 0 Å². The molecule has 0 saturated carbocycles. The van der Waals surface area contributed by atoms with Crippen LogP contribution in [0.5, 0.6) is 0 Å². The zero-order valence-corrected chi connectivity index (χ0v) is 17.0. The highest BCUT2D eigenvalue weighted by Crippen LogP contribution is 2.37. The lowest BCUT2D eigenvalue weighted by Crippen LogP contribution is -2.31. The van der Waals surface area contributed by atoms with Gasteiger partial charge in [0.05, 0.1) is 16.7 Å². The Balaban J connectivity index is 1.65. The molecule has 0 aromatic carbocycles. The molecule has 1 atom stereocenters. The molecule has 134 valence electrons. The Hall–Kier alpha value is -1.38. The minimum atomic E-state index is 0.0156. The van der Waals surface area contributed by atoms with Gasteiger partial charge in [0.1, 0.15) is 0 Å². The topological polar surface area (TPSA) is 53.5 Å². The van der Waals surface area contributed by atoms with Gasteiger partial charge in [-0.25, -0.2) is 4.98 Å². The maximum atomic E-state index is 12.7. The van der Waals surface area contributed by atoms with Gasteiger partial charge in [0.15, 0.2) is 4.34 Å². The Morgan fingerprint density at radius 3 is 2.88 bits per heavy atom. The summed E-state index contributed by atoms with van der Waals surface area (Å²) < 4.78 is 0.941. The predicted octanol–water partition coefficient (Wildman–Crippen LogP) is 3.67. The second kappa shape index (κ2) is 7.88. The number of hydrogen-bond donors (Lipinski definition) is 0. The lowest BCUT2D eigenvalue weighted by atomic mass is 10.2. The summed E-state index contributed by atoms with van der Waals surface area (Å²) >= 11 is 4.59. The Bertz CT molecular complexity index is 769. The highest BCUT2D eigenvalue weighted by atomic mass is 32.2. The Morgan fingerprint density at radius 2 is 2.20 bits per heavy atom. The first-order chi connectivity index (χ1) is 12.0. The average Bonchev–Trinajstić information content (AvgIpc) is 3.31. The van der Waals surface area contributed by atoms with Gasteiger partial charge in [0.2, 0.25) is 5.91 Å². The molecule has 0 unspecified atom stereocenters. The molecule has 1 fully saturated rings. The average molecular weight is 396 g/mol. The molecule has 0 bridgehead atoms. The molecule has 0 N–H and O–H groups in total. The van der Waals surface area contributed by atoms with Crippen molar-refractivity contribution in [1.82, 2.24) is 14.8 Å². The minimum Gasteiger partial charge on any atom is -0.344 e. The molecule has 8 heteroatoms. The van der Waals surface area contributed by atoms with Crippen molar-refractivity contribution in [3.05, 3.63) is 33.0 Å². The fourth-order valence-electron chi connectivity index (χ4n) is 2.83. The minimum absolute atomic E-state index is 0.0156. The number of carbonyl (C=O) groups excluding carboxylic acids is 2. The molecule has 3 rings (SSSR count).